The van der Waals surface area contributed by atoms with Gasteiger partial charge in [0.1, 0.15) is 0 Å². The molecule has 0 amide bonds. The molecule has 0 aromatic carbocycles. The molecule has 0 rings (SSSR count). The Morgan fingerprint density at radius 3 is 1.14 bits per heavy atom. The Bertz CT molecular complexity index is 123. The van der Waals surface area contributed by atoms with Crippen molar-refractivity contribution < 1.29 is 31.2 Å². The van der Waals surface area contributed by atoms with Crippen LogP contribution in [-0.4, -0.2) is 16.3 Å². The summed E-state index contributed by atoms with van der Waals surface area (Å²) in [6, 6.07) is 0. The summed E-state index contributed by atoms with van der Waals surface area (Å²) in [5.41, 5.74) is 10.1. The van der Waals surface area contributed by atoms with E-state index in [1.54, 1.807) is 0 Å². The third-order valence-electron chi connectivity index (χ3n) is 0.471. The third kappa shape index (κ3) is 1080. The predicted octanol–water partition coefficient (Wildman–Crippen LogP) is -0.841. The first-order chi connectivity index (χ1) is 5.73. The van der Waals surface area contributed by atoms with Crippen LogP contribution in [0.25, 0.3) is 0 Å². The standard InChI is InChI=1S/C3H10N2.2NO3.Pt/c1-2-3(4)5;2*2-1(3)4;/h3H,2,4-5H2,1H3;;;/q;2*-1;+2. The molecule has 0 saturated heterocycles. The van der Waals surface area contributed by atoms with Crippen molar-refractivity contribution >= 4 is 0 Å². The third-order valence-corrected chi connectivity index (χ3v) is 0.471. The Hall–Kier alpha value is -0.992. The van der Waals surface area contributed by atoms with E-state index >= 15 is 0 Å². The Morgan fingerprint density at radius 1 is 1.07 bits per heavy atom. The van der Waals surface area contributed by atoms with Crippen LogP contribution in [0.5, 0.6) is 0 Å². The molecule has 0 heterocycles. The number of nitrogens with two attached hydrogens (primary N) is 2. The van der Waals surface area contributed by atoms with Gasteiger partial charge in [-0.05, 0) is 6.42 Å². The molecule has 0 radical (unpaired) electrons. The van der Waals surface area contributed by atoms with Crippen LogP contribution in [0.15, 0.2) is 0 Å². The van der Waals surface area contributed by atoms with Gasteiger partial charge in [0.15, 0.2) is 0 Å². The van der Waals surface area contributed by atoms with Gasteiger partial charge in [0, 0.05) is 0 Å². The van der Waals surface area contributed by atoms with Gasteiger partial charge in [-0.1, -0.05) is 6.92 Å². The molecular weight excluding hydrogens is 383 g/mol. The molecule has 0 spiro atoms. The first-order valence-electron chi connectivity index (χ1n) is 2.88. The van der Waals surface area contributed by atoms with Gasteiger partial charge in [-0.3, -0.25) is 0 Å². The van der Waals surface area contributed by atoms with Gasteiger partial charge in [-0.25, -0.2) is 0 Å². The van der Waals surface area contributed by atoms with E-state index < -0.39 is 10.2 Å². The molecule has 0 aliphatic carbocycles. The Balaban J connectivity index is -0.0000000522. The molecule has 0 aliphatic heterocycles. The van der Waals surface area contributed by atoms with Gasteiger partial charge in [0.25, 0.3) is 0 Å². The van der Waals surface area contributed by atoms with Gasteiger partial charge in [0.2, 0.25) is 0 Å². The Kier molecular flexibility index (Phi) is 29.6. The van der Waals surface area contributed by atoms with E-state index in [0.717, 1.165) is 6.42 Å². The molecule has 0 fully saturated rings. The fraction of sp³-hybridized carbons (Fsp3) is 1.00. The molecule has 88 valence electrons. The van der Waals surface area contributed by atoms with E-state index in [2.05, 4.69) is 0 Å². The van der Waals surface area contributed by atoms with Crippen molar-refractivity contribution in [2.45, 2.75) is 19.5 Å². The maximum Gasteiger partial charge on any atom is 2.00 e. The molecule has 0 aromatic rings. The monoisotopic (exact) mass is 393 g/mol. The Labute approximate surface area is 93.4 Å². The average Bonchev–Trinajstić information content (AvgIpc) is 1.84. The second-order valence-electron chi connectivity index (χ2n) is 1.52. The summed E-state index contributed by atoms with van der Waals surface area (Å²) in [5.74, 6) is 0. The van der Waals surface area contributed by atoms with Crippen molar-refractivity contribution in [2.75, 3.05) is 0 Å². The summed E-state index contributed by atoms with van der Waals surface area (Å²) < 4.78 is 0. The van der Waals surface area contributed by atoms with Crippen LogP contribution in [-0.2, 0) is 21.1 Å². The maximum atomic E-state index is 8.25. The van der Waals surface area contributed by atoms with E-state index in [0.29, 0.717) is 0 Å². The molecular formula is C3H10N4O6Pt. The first kappa shape index (κ1) is 23.1. The van der Waals surface area contributed by atoms with Crippen LogP contribution in [0, 0.1) is 30.6 Å². The maximum absolute atomic E-state index is 8.25. The molecule has 0 saturated carbocycles. The van der Waals surface area contributed by atoms with Crippen LogP contribution >= 0.6 is 0 Å². The molecule has 4 N–H and O–H groups in total. The second kappa shape index (κ2) is 17.9. The zero-order chi connectivity index (χ0) is 11.4. The normalized spacial score (nSPS) is 6.86. The molecule has 10 nitrogen and oxygen atoms in total. The van der Waals surface area contributed by atoms with Crippen molar-refractivity contribution in [3.8, 4) is 0 Å². The minimum atomic E-state index is -1.75. The summed E-state index contributed by atoms with van der Waals surface area (Å²) in [4.78, 5) is 16.5. The van der Waals surface area contributed by atoms with Crippen LogP contribution in [0.4, 0.5) is 0 Å². The molecule has 14 heavy (non-hydrogen) atoms. The molecule has 0 aliphatic rings. The van der Waals surface area contributed by atoms with E-state index in [9.17, 15) is 0 Å². The van der Waals surface area contributed by atoms with Gasteiger partial charge in [0.05, 0.1) is 16.3 Å². The topological polar surface area (TPSA) is 184 Å². The van der Waals surface area contributed by atoms with Crippen LogP contribution in [0.2, 0.25) is 0 Å². The zero-order valence-corrected chi connectivity index (χ0v) is 9.37. The first-order valence-corrected chi connectivity index (χ1v) is 2.88. The zero-order valence-electron chi connectivity index (χ0n) is 7.10. The number of nitrogens with zero attached hydrogens (tertiary/aromatic N) is 2. The van der Waals surface area contributed by atoms with E-state index in [-0.39, 0.29) is 27.2 Å². The van der Waals surface area contributed by atoms with Crippen molar-refractivity contribution in [2.24, 2.45) is 11.5 Å². The smallest absolute Gasteiger partial charge is 0.356 e. The fourth-order valence-electron chi connectivity index (χ4n) is 0. The van der Waals surface area contributed by atoms with E-state index in [1.165, 1.54) is 0 Å². The quantitative estimate of drug-likeness (QED) is 0.328. The van der Waals surface area contributed by atoms with Gasteiger partial charge >= 0.3 is 21.1 Å². The van der Waals surface area contributed by atoms with E-state index in [1.807, 2.05) is 6.92 Å². The number of hydrogen-bond donors (Lipinski definition) is 2. The molecule has 0 bridgehead atoms. The van der Waals surface area contributed by atoms with Crippen molar-refractivity contribution in [1.29, 1.82) is 0 Å². The molecule has 0 unspecified atom stereocenters. The molecule has 0 atom stereocenters. The minimum absolute atomic E-state index is 0. The SMILES string of the molecule is CCC(N)N.O=[N+]([O-])[O-].O=[N+]([O-])[O-].[Pt+2]. The molecule has 11 heteroatoms. The number of hydrogen-bond acceptors (Lipinski definition) is 8. The largest absolute Gasteiger partial charge is 2.00 e. The summed E-state index contributed by atoms with van der Waals surface area (Å²) in [7, 11) is 0. The van der Waals surface area contributed by atoms with Crippen molar-refractivity contribution in [3.05, 3.63) is 30.6 Å². The minimum Gasteiger partial charge on any atom is -0.356 e. The summed E-state index contributed by atoms with van der Waals surface area (Å²) in [6.45, 7) is 1.95. The predicted molar refractivity (Wildman–Crippen MR) is 43.2 cm³/mol. The Morgan fingerprint density at radius 2 is 1.14 bits per heavy atom. The van der Waals surface area contributed by atoms with Crippen molar-refractivity contribution in [1.82, 2.24) is 0 Å². The van der Waals surface area contributed by atoms with E-state index in [4.69, 9.17) is 42.1 Å². The van der Waals surface area contributed by atoms with Crippen LogP contribution in [0.3, 0.4) is 0 Å². The summed E-state index contributed by atoms with van der Waals surface area (Å²) in [6.07, 6.45) is 0.745. The van der Waals surface area contributed by atoms with Gasteiger partial charge in [-0.15, -0.1) is 0 Å². The van der Waals surface area contributed by atoms with Crippen LogP contribution in [0.1, 0.15) is 13.3 Å². The average molecular weight is 393 g/mol. The number of rotatable bonds is 1. The fourth-order valence-corrected chi connectivity index (χ4v) is 0. The summed E-state index contributed by atoms with van der Waals surface area (Å²) in [5, 5.41) is 29.5. The summed E-state index contributed by atoms with van der Waals surface area (Å²) >= 11 is 0. The van der Waals surface area contributed by atoms with Crippen LogP contribution < -0.4 is 11.5 Å². The second-order valence-corrected chi connectivity index (χ2v) is 1.52. The van der Waals surface area contributed by atoms with Gasteiger partial charge < -0.3 is 42.1 Å². The van der Waals surface area contributed by atoms with Gasteiger partial charge in [-0.2, -0.15) is 0 Å². The molecule has 0 aromatic heterocycles. The van der Waals surface area contributed by atoms with Crippen molar-refractivity contribution in [3.63, 3.8) is 0 Å².